The van der Waals surface area contributed by atoms with Gasteiger partial charge in [-0.2, -0.15) is 0 Å². The summed E-state index contributed by atoms with van der Waals surface area (Å²) in [6, 6.07) is 7.94. The summed E-state index contributed by atoms with van der Waals surface area (Å²) in [6.07, 6.45) is 1.91. The second-order valence-corrected chi connectivity index (χ2v) is 7.13. The lowest BCUT2D eigenvalue weighted by Crippen LogP contribution is -2.37. The molecule has 9 heteroatoms. The average Bonchev–Trinajstić information content (AvgIpc) is 3.38. The van der Waals surface area contributed by atoms with Crippen LogP contribution in [0, 0.1) is 0 Å². The maximum absolute atomic E-state index is 13.1. The minimum absolute atomic E-state index is 0.0304. The third kappa shape index (κ3) is 4.00. The van der Waals surface area contributed by atoms with Crippen molar-refractivity contribution in [1.82, 2.24) is 30.0 Å². The Balaban J connectivity index is 1.45. The van der Waals surface area contributed by atoms with Gasteiger partial charge in [0.2, 0.25) is 5.91 Å². The number of benzene rings is 1. The fraction of sp³-hybridized carbons (Fsp3) is 0.579. The lowest BCUT2D eigenvalue weighted by molar-refractivity contribution is -0.133. The fourth-order valence-corrected chi connectivity index (χ4v) is 3.97. The number of carbonyl (C=O) groups excluding carboxylic acids is 1. The number of carbonyl (C=O) groups is 1. The monoisotopic (exact) mass is 386 g/mol. The lowest BCUT2D eigenvalue weighted by Gasteiger charge is -2.27. The van der Waals surface area contributed by atoms with E-state index in [1.54, 1.807) is 11.8 Å². The van der Waals surface area contributed by atoms with Gasteiger partial charge in [0.15, 0.2) is 5.82 Å². The number of likely N-dealkylation sites (tertiary alicyclic amines) is 1. The van der Waals surface area contributed by atoms with Gasteiger partial charge in [-0.1, -0.05) is 18.2 Å². The highest BCUT2D eigenvalue weighted by atomic mass is 16.5. The molecule has 0 N–H and O–H groups in total. The van der Waals surface area contributed by atoms with Crippen LogP contribution in [-0.2, 0) is 22.6 Å². The highest BCUT2D eigenvalue weighted by Gasteiger charge is 2.32. The number of tetrazole rings is 1. The number of morpholine rings is 1. The Morgan fingerprint density at radius 2 is 2.07 bits per heavy atom. The number of aromatic nitrogens is 4. The van der Waals surface area contributed by atoms with E-state index >= 15 is 0 Å². The van der Waals surface area contributed by atoms with Crippen molar-refractivity contribution < 1.29 is 14.3 Å². The third-order valence-electron chi connectivity index (χ3n) is 5.43. The van der Waals surface area contributed by atoms with Gasteiger partial charge in [-0.15, -0.1) is 5.10 Å². The molecule has 2 saturated heterocycles. The first-order chi connectivity index (χ1) is 13.8. The fourth-order valence-electron chi connectivity index (χ4n) is 3.97. The molecule has 1 aromatic carbocycles. The Labute approximate surface area is 164 Å². The van der Waals surface area contributed by atoms with Crippen LogP contribution in [0.3, 0.4) is 0 Å². The molecular weight excluding hydrogens is 360 g/mol. The van der Waals surface area contributed by atoms with Crippen molar-refractivity contribution in [3.63, 3.8) is 0 Å². The molecule has 0 radical (unpaired) electrons. The van der Waals surface area contributed by atoms with Crippen molar-refractivity contribution in [2.75, 3.05) is 40.0 Å². The van der Waals surface area contributed by atoms with Crippen LogP contribution in [0.5, 0.6) is 5.75 Å². The first-order valence-electron chi connectivity index (χ1n) is 9.74. The van der Waals surface area contributed by atoms with E-state index in [1.807, 2.05) is 29.2 Å². The van der Waals surface area contributed by atoms with Gasteiger partial charge in [0.25, 0.3) is 0 Å². The van der Waals surface area contributed by atoms with Crippen molar-refractivity contribution in [2.45, 2.75) is 32.0 Å². The van der Waals surface area contributed by atoms with Gasteiger partial charge in [-0.25, -0.2) is 4.68 Å². The molecule has 3 heterocycles. The van der Waals surface area contributed by atoms with E-state index in [0.29, 0.717) is 12.4 Å². The Kier molecular flexibility index (Phi) is 5.82. The van der Waals surface area contributed by atoms with Gasteiger partial charge in [-0.05, 0) is 29.3 Å². The van der Waals surface area contributed by atoms with Crippen LogP contribution in [0.25, 0.3) is 0 Å². The third-order valence-corrected chi connectivity index (χ3v) is 5.43. The summed E-state index contributed by atoms with van der Waals surface area (Å²) in [5.74, 6) is 1.56. The number of ether oxygens (including phenoxy) is 2. The summed E-state index contributed by atoms with van der Waals surface area (Å²) < 4.78 is 12.5. The average molecular weight is 386 g/mol. The minimum atomic E-state index is 0.0304. The summed E-state index contributed by atoms with van der Waals surface area (Å²) in [4.78, 5) is 17.2. The molecule has 2 aliphatic rings. The molecule has 1 unspecified atom stereocenters. The molecule has 150 valence electrons. The first-order valence-corrected chi connectivity index (χ1v) is 9.74. The van der Waals surface area contributed by atoms with Crippen molar-refractivity contribution in [1.29, 1.82) is 0 Å². The Morgan fingerprint density at radius 1 is 1.25 bits per heavy atom. The molecule has 0 bridgehead atoms. The number of hydrogen-bond acceptors (Lipinski definition) is 7. The second kappa shape index (κ2) is 8.66. The van der Waals surface area contributed by atoms with Crippen LogP contribution in [0.2, 0.25) is 0 Å². The van der Waals surface area contributed by atoms with E-state index in [2.05, 4.69) is 20.4 Å². The highest BCUT2D eigenvalue weighted by molar-refractivity contribution is 5.77. The van der Waals surface area contributed by atoms with E-state index in [4.69, 9.17) is 9.47 Å². The number of methoxy groups -OCH3 is 1. The standard InChI is InChI=1S/C19H26N6O3/c1-27-17-7-3-2-5-15(17)16-6-4-8-24(16)19(26)14-25-18(20-21-22-25)13-23-9-11-28-12-10-23/h2-3,5,7,16H,4,6,8-14H2,1H3. The maximum Gasteiger partial charge on any atom is 0.244 e. The Morgan fingerprint density at radius 3 is 2.89 bits per heavy atom. The summed E-state index contributed by atoms with van der Waals surface area (Å²) in [7, 11) is 1.67. The molecule has 1 aromatic heterocycles. The number of rotatable bonds is 6. The lowest BCUT2D eigenvalue weighted by atomic mass is 10.0. The van der Waals surface area contributed by atoms with Gasteiger partial charge in [-0.3, -0.25) is 9.69 Å². The molecular formula is C19H26N6O3. The minimum Gasteiger partial charge on any atom is -0.496 e. The predicted molar refractivity (Wildman–Crippen MR) is 101 cm³/mol. The summed E-state index contributed by atoms with van der Waals surface area (Å²) in [5.41, 5.74) is 1.06. The molecule has 0 saturated carbocycles. The van der Waals surface area contributed by atoms with Crippen LogP contribution in [0.15, 0.2) is 24.3 Å². The van der Waals surface area contributed by atoms with E-state index in [0.717, 1.165) is 57.0 Å². The van der Waals surface area contributed by atoms with Crippen LogP contribution in [-0.4, -0.2) is 75.9 Å². The zero-order valence-corrected chi connectivity index (χ0v) is 16.2. The van der Waals surface area contributed by atoms with Crippen molar-refractivity contribution in [2.24, 2.45) is 0 Å². The van der Waals surface area contributed by atoms with Crippen molar-refractivity contribution in [3.8, 4) is 5.75 Å². The van der Waals surface area contributed by atoms with E-state index in [1.165, 1.54) is 0 Å². The second-order valence-electron chi connectivity index (χ2n) is 7.13. The Bertz CT molecular complexity index is 804. The van der Waals surface area contributed by atoms with Gasteiger partial charge in [0.1, 0.15) is 12.3 Å². The largest absolute Gasteiger partial charge is 0.496 e. The molecule has 1 atom stereocenters. The molecule has 28 heavy (non-hydrogen) atoms. The van der Waals surface area contributed by atoms with Crippen LogP contribution >= 0.6 is 0 Å². The Hall–Kier alpha value is -2.52. The topological polar surface area (TPSA) is 85.6 Å². The molecule has 2 aromatic rings. The number of nitrogens with zero attached hydrogens (tertiary/aromatic N) is 6. The molecule has 4 rings (SSSR count). The van der Waals surface area contributed by atoms with Crippen molar-refractivity contribution in [3.05, 3.63) is 35.7 Å². The maximum atomic E-state index is 13.1. The number of hydrogen-bond donors (Lipinski definition) is 0. The summed E-state index contributed by atoms with van der Waals surface area (Å²) in [5, 5.41) is 12.0. The van der Waals surface area contributed by atoms with Gasteiger partial charge < -0.3 is 14.4 Å². The molecule has 0 spiro atoms. The normalized spacial score (nSPS) is 20.5. The van der Waals surface area contributed by atoms with Gasteiger partial charge in [0.05, 0.1) is 32.9 Å². The summed E-state index contributed by atoms with van der Waals surface area (Å²) in [6.45, 7) is 4.65. The van der Waals surface area contributed by atoms with E-state index in [-0.39, 0.29) is 18.5 Å². The van der Waals surface area contributed by atoms with Gasteiger partial charge in [0, 0.05) is 25.2 Å². The molecule has 2 fully saturated rings. The highest BCUT2D eigenvalue weighted by Crippen LogP contribution is 2.36. The first kappa shape index (κ1) is 18.8. The quantitative estimate of drug-likeness (QED) is 0.728. The molecule has 9 nitrogen and oxygen atoms in total. The van der Waals surface area contributed by atoms with Crippen molar-refractivity contribution >= 4 is 5.91 Å². The SMILES string of the molecule is COc1ccccc1C1CCCN1C(=O)Cn1nnnc1CN1CCOCC1. The predicted octanol–water partition coefficient (Wildman–Crippen LogP) is 0.878. The zero-order chi connectivity index (χ0) is 19.3. The van der Waals surface area contributed by atoms with Gasteiger partial charge >= 0.3 is 0 Å². The van der Waals surface area contributed by atoms with Crippen LogP contribution < -0.4 is 4.74 Å². The molecule has 0 aliphatic carbocycles. The molecule has 2 aliphatic heterocycles. The zero-order valence-electron chi connectivity index (χ0n) is 16.2. The summed E-state index contributed by atoms with van der Waals surface area (Å²) >= 11 is 0. The smallest absolute Gasteiger partial charge is 0.244 e. The van der Waals surface area contributed by atoms with Crippen LogP contribution in [0.4, 0.5) is 0 Å². The number of amides is 1. The van der Waals surface area contributed by atoms with Crippen LogP contribution in [0.1, 0.15) is 30.3 Å². The van der Waals surface area contributed by atoms with E-state index < -0.39 is 0 Å². The molecule has 1 amide bonds. The van der Waals surface area contributed by atoms with E-state index in [9.17, 15) is 4.79 Å². The number of para-hydroxylation sites is 1.